The highest BCUT2D eigenvalue weighted by molar-refractivity contribution is 5.41. The molecule has 2 rings (SSSR count). The number of aromatic nitrogens is 2. The summed E-state index contributed by atoms with van der Waals surface area (Å²) in [7, 11) is 1.65. The maximum atomic E-state index is 5.87. The Morgan fingerprint density at radius 3 is 2.90 bits per heavy atom. The number of hydrogen-bond donors (Lipinski definition) is 1. The van der Waals surface area contributed by atoms with Crippen molar-refractivity contribution in [1.29, 1.82) is 0 Å². The van der Waals surface area contributed by atoms with Crippen LogP contribution in [-0.2, 0) is 13.0 Å². The van der Waals surface area contributed by atoms with Crippen LogP contribution >= 0.6 is 0 Å². The lowest BCUT2D eigenvalue weighted by molar-refractivity contribution is 0.293. The smallest absolute Gasteiger partial charge is 0.126 e. The van der Waals surface area contributed by atoms with Crippen molar-refractivity contribution in [3.05, 3.63) is 42.5 Å². The molecule has 0 spiro atoms. The molecule has 0 fully saturated rings. The minimum atomic E-state index is 0.0967. The van der Waals surface area contributed by atoms with Crippen LogP contribution in [0.15, 0.2) is 36.9 Å². The molecule has 0 aliphatic heterocycles. The van der Waals surface area contributed by atoms with Crippen LogP contribution < -0.4 is 15.2 Å². The number of nitrogens with two attached hydrogens (primary N) is 1. The summed E-state index contributed by atoms with van der Waals surface area (Å²) in [4.78, 5) is 4.00. The number of rotatable bonds is 7. The zero-order valence-corrected chi connectivity index (χ0v) is 12.0. The topological polar surface area (TPSA) is 62.3 Å². The highest BCUT2D eigenvalue weighted by Crippen LogP contribution is 2.25. The van der Waals surface area contributed by atoms with Gasteiger partial charge in [-0.25, -0.2) is 4.98 Å². The van der Waals surface area contributed by atoms with Crippen molar-refractivity contribution in [1.82, 2.24) is 9.55 Å². The summed E-state index contributed by atoms with van der Waals surface area (Å²) in [5.41, 5.74) is 6.97. The van der Waals surface area contributed by atoms with E-state index < -0.39 is 0 Å². The lowest BCUT2D eigenvalue weighted by atomic mass is 10.1. The van der Waals surface area contributed by atoms with Crippen LogP contribution in [0.1, 0.15) is 12.5 Å². The molecule has 1 aromatic carbocycles. The van der Waals surface area contributed by atoms with Gasteiger partial charge in [-0.05, 0) is 25.0 Å². The molecule has 5 nitrogen and oxygen atoms in total. The fraction of sp³-hybridized carbons (Fsp3) is 0.400. The zero-order chi connectivity index (χ0) is 14.4. The van der Waals surface area contributed by atoms with Gasteiger partial charge < -0.3 is 19.8 Å². The van der Waals surface area contributed by atoms with Gasteiger partial charge in [-0.15, -0.1) is 0 Å². The molecular weight excluding hydrogens is 254 g/mol. The molecule has 0 amide bonds. The summed E-state index contributed by atoms with van der Waals surface area (Å²) in [6, 6.07) is 5.94. The van der Waals surface area contributed by atoms with Crippen molar-refractivity contribution < 1.29 is 9.47 Å². The second-order valence-electron chi connectivity index (χ2n) is 4.80. The Kier molecular flexibility index (Phi) is 5.01. The van der Waals surface area contributed by atoms with Gasteiger partial charge in [0.25, 0.3) is 0 Å². The summed E-state index contributed by atoms with van der Waals surface area (Å²) in [6.07, 6.45) is 6.23. The first kappa shape index (κ1) is 14.4. The largest absolute Gasteiger partial charge is 0.497 e. The lowest BCUT2D eigenvalue weighted by Crippen LogP contribution is -2.18. The van der Waals surface area contributed by atoms with Gasteiger partial charge in [0.2, 0.25) is 0 Å². The van der Waals surface area contributed by atoms with Gasteiger partial charge in [-0.2, -0.15) is 0 Å². The monoisotopic (exact) mass is 275 g/mol. The quantitative estimate of drug-likeness (QED) is 0.838. The number of ether oxygens (including phenoxy) is 2. The molecule has 20 heavy (non-hydrogen) atoms. The van der Waals surface area contributed by atoms with E-state index in [2.05, 4.69) is 4.98 Å². The number of nitrogens with zero attached hydrogens (tertiary/aromatic N) is 2. The molecule has 2 N–H and O–H groups in total. The van der Waals surface area contributed by atoms with Gasteiger partial charge in [-0.3, -0.25) is 0 Å². The van der Waals surface area contributed by atoms with E-state index in [1.54, 1.807) is 19.6 Å². The Morgan fingerprint density at radius 1 is 1.40 bits per heavy atom. The minimum Gasteiger partial charge on any atom is -0.497 e. The zero-order valence-electron chi connectivity index (χ0n) is 12.0. The number of hydrogen-bond acceptors (Lipinski definition) is 4. The van der Waals surface area contributed by atoms with Gasteiger partial charge in [-0.1, -0.05) is 6.07 Å². The average Bonchev–Trinajstić information content (AvgIpc) is 2.93. The fourth-order valence-corrected chi connectivity index (χ4v) is 1.99. The normalized spacial score (nSPS) is 12.2. The van der Waals surface area contributed by atoms with Crippen molar-refractivity contribution in [2.24, 2.45) is 5.73 Å². The van der Waals surface area contributed by atoms with Gasteiger partial charge in [0.05, 0.1) is 20.0 Å². The SMILES string of the molecule is COc1ccc(CC(C)N)c(OCCn2ccnc2)c1. The molecule has 5 heteroatoms. The van der Waals surface area contributed by atoms with E-state index in [-0.39, 0.29) is 6.04 Å². The van der Waals surface area contributed by atoms with Crippen LogP contribution in [-0.4, -0.2) is 29.3 Å². The summed E-state index contributed by atoms with van der Waals surface area (Å²) >= 11 is 0. The first-order valence-electron chi connectivity index (χ1n) is 6.70. The first-order chi connectivity index (χ1) is 9.69. The summed E-state index contributed by atoms with van der Waals surface area (Å²) in [5, 5.41) is 0. The first-order valence-corrected chi connectivity index (χ1v) is 6.70. The maximum Gasteiger partial charge on any atom is 0.126 e. The second-order valence-corrected chi connectivity index (χ2v) is 4.80. The van der Waals surface area contributed by atoms with Gasteiger partial charge >= 0.3 is 0 Å². The molecule has 1 aromatic heterocycles. The highest BCUT2D eigenvalue weighted by atomic mass is 16.5. The predicted molar refractivity (Wildman–Crippen MR) is 78.1 cm³/mol. The van der Waals surface area contributed by atoms with Crippen molar-refractivity contribution in [3.8, 4) is 11.5 Å². The molecular formula is C15H21N3O2. The Hall–Kier alpha value is -2.01. The molecule has 0 aliphatic rings. The fourth-order valence-electron chi connectivity index (χ4n) is 1.99. The number of benzene rings is 1. The van der Waals surface area contributed by atoms with Crippen molar-refractivity contribution >= 4 is 0 Å². The molecule has 108 valence electrons. The summed E-state index contributed by atoms with van der Waals surface area (Å²) < 4.78 is 13.1. The molecule has 1 heterocycles. The van der Waals surface area contributed by atoms with Crippen LogP contribution in [0.4, 0.5) is 0 Å². The number of methoxy groups -OCH3 is 1. The van der Waals surface area contributed by atoms with Gasteiger partial charge in [0.15, 0.2) is 0 Å². The predicted octanol–water partition coefficient (Wildman–Crippen LogP) is 1.86. The Bertz CT molecular complexity index is 524. The van der Waals surface area contributed by atoms with E-state index in [0.29, 0.717) is 6.61 Å². The van der Waals surface area contributed by atoms with Crippen LogP contribution in [0.2, 0.25) is 0 Å². The highest BCUT2D eigenvalue weighted by Gasteiger charge is 2.08. The van der Waals surface area contributed by atoms with E-state index in [0.717, 1.165) is 30.0 Å². The van der Waals surface area contributed by atoms with E-state index in [4.69, 9.17) is 15.2 Å². The molecule has 0 saturated heterocycles. The molecule has 1 atom stereocenters. The Labute approximate surface area is 119 Å². The van der Waals surface area contributed by atoms with Gasteiger partial charge in [0, 0.05) is 24.5 Å². The lowest BCUT2D eigenvalue weighted by Gasteiger charge is -2.14. The van der Waals surface area contributed by atoms with Crippen LogP contribution in [0, 0.1) is 0 Å². The summed E-state index contributed by atoms with van der Waals surface area (Å²) in [6.45, 7) is 3.32. The molecule has 0 aliphatic carbocycles. The average molecular weight is 275 g/mol. The molecule has 1 unspecified atom stereocenters. The molecule has 0 saturated carbocycles. The molecule has 0 bridgehead atoms. The van der Waals surface area contributed by atoms with E-state index in [9.17, 15) is 0 Å². The third-order valence-corrected chi connectivity index (χ3v) is 2.98. The van der Waals surface area contributed by atoms with Crippen molar-refractivity contribution in [3.63, 3.8) is 0 Å². The molecule has 0 radical (unpaired) electrons. The summed E-state index contributed by atoms with van der Waals surface area (Å²) in [5.74, 6) is 1.62. The minimum absolute atomic E-state index is 0.0967. The standard InChI is InChI=1S/C15H21N3O2/c1-12(16)9-13-3-4-14(19-2)10-15(13)20-8-7-18-6-5-17-11-18/h3-6,10-12H,7-9,16H2,1-2H3. The Balaban J connectivity index is 2.02. The van der Waals surface area contributed by atoms with E-state index >= 15 is 0 Å². The van der Waals surface area contributed by atoms with Crippen molar-refractivity contribution in [2.45, 2.75) is 25.9 Å². The maximum absolute atomic E-state index is 5.87. The third-order valence-electron chi connectivity index (χ3n) is 2.98. The van der Waals surface area contributed by atoms with E-state index in [1.807, 2.05) is 35.9 Å². The number of imidazole rings is 1. The van der Waals surface area contributed by atoms with Crippen molar-refractivity contribution in [2.75, 3.05) is 13.7 Å². The van der Waals surface area contributed by atoms with Gasteiger partial charge in [0.1, 0.15) is 18.1 Å². The van der Waals surface area contributed by atoms with Crippen LogP contribution in [0.25, 0.3) is 0 Å². The third kappa shape index (κ3) is 3.99. The van der Waals surface area contributed by atoms with E-state index in [1.165, 1.54) is 0 Å². The van der Waals surface area contributed by atoms with Crippen LogP contribution in [0.3, 0.4) is 0 Å². The van der Waals surface area contributed by atoms with Crippen LogP contribution in [0.5, 0.6) is 11.5 Å². The molecule has 2 aromatic rings. The second kappa shape index (κ2) is 6.96. The Morgan fingerprint density at radius 2 is 2.25 bits per heavy atom.